The van der Waals surface area contributed by atoms with Crippen LogP contribution in [0.2, 0.25) is 0 Å². The first-order chi connectivity index (χ1) is 8.10. The van der Waals surface area contributed by atoms with Crippen molar-refractivity contribution in [2.45, 2.75) is 49.0 Å². The molecule has 6 heteroatoms. The van der Waals surface area contributed by atoms with Gasteiger partial charge in [0.2, 0.25) is 0 Å². The Morgan fingerprint density at radius 1 is 1.47 bits per heavy atom. The van der Waals surface area contributed by atoms with Crippen LogP contribution in [-0.4, -0.2) is 26.4 Å². The van der Waals surface area contributed by atoms with E-state index in [1.165, 1.54) is 0 Å². The minimum atomic E-state index is -0.367. The van der Waals surface area contributed by atoms with E-state index < -0.39 is 0 Å². The van der Waals surface area contributed by atoms with Gasteiger partial charge in [-0.25, -0.2) is 15.8 Å². The number of aliphatic hydroxyl groups excluding tert-OH is 1. The molecule has 1 saturated carbocycles. The zero-order valence-corrected chi connectivity index (χ0v) is 10.9. The standard InChI is InChI=1S/C11H18N4OS/c1-6(16)7(2)17-10-5-9(15-12)13-11(14-10)8-3-4-8/h5-8,16H,3-4,12H2,1-2H3,(H,13,14,15). The van der Waals surface area contributed by atoms with Crippen LogP contribution >= 0.6 is 11.8 Å². The van der Waals surface area contributed by atoms with Gasteiger partial charge in [0.25, 0.3) is 0 Å². The van der Waals surface area contributed by atoms with Crippen LogP contribution in [0.3, 0.4) is 0 Å². The number of nitrogens with one attached hydrogen (secondary N) is 1. The maximum absolute atomic E-state index is 9.49. The molecule has 1 aliphatic rings. The van der Waals surface area contributed by atoms with Crippen molar-refractivity contribution in [3.63, 3.8) is 0 Å². The molecule has 4 N–H and O–H groups in total. The number of anilines is 1. The summed E-state index contributed by atoms with van der Waals surface area (Å²) in [5.74, 6) is 7.39. The molecule has 1 fully saturated rings. The molecule has 0 radical (unpaired) electrons. The van der Waals surface area contributed by atoms with Crippen LogP contribution in [0.15, 0.2) is 11.1 Å². The second-order valence-electron chi connectivity index (χ2n) is 4.43. The van der Waals surface area contributed by atoms with Gasteiger partial charge in [-0.15, -0.1) is 11.8 Å². The van der Waals surface area contributed by atoms with Gasteiger partial charge in [0.05, 0.1) is 6.10 Å². The summed E-state index contributed by atoms with van der Waals surface area (Å²) < 4.78 is 0. The van der Waals surface area contributed by atoms with Crippen molar-refractivity contribution >= 4 is 17.6 Å². The Morgan fingerprint density at radius 3 is 2.71 bits per heavy atom. The number of aromatic nitrogens is 2. The van der Waals surface area contributed by atoms with E-state index in [1.807, 2.05) is 13.0 Å². The third-order valence-corrected chi connectivity index (χ3v) is 4.01. The Balaban J connectivity index is 2.17. The molecular weight excluding hydrogens is 236 g/mol. The number of nitrogens with two attached hydrogens (primary N) is 1. The lowest BCUT2D eigenvalue weighted by atomic mass is 10.3. The SMILES string of the molecule is CC(O)C(C)Sc1cc(NN)nc(C2CC2)n1. The normalized spacial score (nSPS) is 18.8. The highest BCUT2D eigenvalue weighted by molar-refractivity contribution is 7.99. The number of rotatable bonds is 5. The predicted octanol–water partition coefficient (Wildman–Crippen LogP) is 1.50. The molecule has 1 heterocycles. The Morgan fingerprint density at radius 2 is 2.18 bits per heavy atom. The molecule has 1 aromatic rings. The third kappa shape index (κ3) is 3.31. The lowest BCUT2D eigenvalue weighted by molar-refractivity contribution is 0.196. The van der Waals surface area contributed by atoms with Crippen molar-refractivity contribution in [3.8, 4) is 0 Å². The molecule has 0 amide bonds. The summed E-state index contributed by atoms with van der Waals surface area (Å²) in [5, 5.41) is 10.5. The molecule has 5 nitrogen and oxygen atoms in total. The van der Waals surface area contributed by atoms with Crippen LogP contribution in [0.25, 0.3) is 0 Å². The van der Waals surface area contributed by atoms with Crippen molar-refractivity contribution in [2.75, 3.05) is 5.43 Å². The monoisotopic (exact) mass is 254 g/mol. The third-order valence-electron chi connectivity index (χ3n) is 2.80. The van der Waals surface area contributed by atoms with Crippen molar-refractivity contribution in [3.05, 3.63) is 11.9 Å². The van der Waals surface area contributed by atoms with Gasteiger partial charge in [0.15, 0.2) is 0 Å². The lowest BCUT2D eigenvalue weighted by Crippen LogP contribution is -2.16. The van der Waals surface area contributed by atoms with E-state index in [2.05, 4.69) is 15.4 Å². The fourth-order valence-electron chi connectivity index (χ4n) is 1.39. The quantitative estimate of drug-likeness (QED) is 0.320. The topological polar surface area (TPSA) is 84.1 Å². The Bertz CT molecular complexity index is 395. The summed E-state index contributed by atoms with van der Waals surface area (Å²) >= 11 is 1.54. The van der Waals surface area contributed by atoms with Crippen LogP contribution in [0.5, 0.6) is 0 Å². The molecule has 1 aromatic heterocycles. The molecular formula is C11H18N4OS. The predicted molar refractivity (Wildman–Crippen MR) is 68.8 cm³/mol. The first-order valence-corrected chi connectivity index (χ1v) is 6.68. The fraction of sp³-hybridized carbons (Fsp3) is 0.636. The van der Waals surface area contributed by atoms with E-state index in [0.29, 0.717) is 11.7 Å². The van der Waals surface area contributed by atoms with Crippen molar-refractivity contribution in [2.24, 2.45) is 5.84 Å². The molecule has 94 valence electrons. The van der Waals surface area contributed by atoms with E-state index in [-0.39, 0.29) is 11.4 Å². The second-order valence-corrected chi connectivity index (χ2v) is 5.83. The summed E-state index contributed by atoms with van der Waals surface area (Å²) in [7, 11) is 0. The second kappa shape index (κ2) is 5.20. The summed E-state index contributed by atoms with van der Waals surface area (Å²) in [6, 6.07) is 1.81. The van der Waals surface area contributed by atoms with Gasteiger partial charge in [-0.2, -0.15) is 0 Å². The maximum atomic E-state index is 9.49. The largest absolute Gasteiger partial charge is 0.392 e. The zero-order valence-electron chi connectivity index (χ0n) is 10.1. The molecule has 0 aromatic carbocycles. The van der Waals surface area contributed by atoms with Crippen molar-refractivity contribution in [1.82, 2.24) is 9.97 Å². The van der Waals surface area contributed by atoms with Gasteiger partial charge in [0.1, 0.15) is 16.7 Å². The Hall–Kier alpha value is -0.850. The molecule has 17 heavy (non-hydrogen) atoms. The van der Waals surface area contributed by atoms with Gasteiger partial charge in [-0.05, 0) is 19.8 Å². The summed E-state index contributed by atoms with van der Waals surface area (Å²) in [4.78, 5) is 8.85. The number of nitrogens with zero attached hydrogens (tertiary/aromatic N) is 2. The van der Waals surface area contributed by atoms with Crippen LogP contribution < -0.4 is 11.3 Å². The zero-order chi connectivity index (χ0) is 12.4. The van der Waals surface area contributed by atoms with Gasteiger partial charge in [-0.3, -0.25) is 0 Å². The van der Waals surface area contributed by atoms with Gasteiger partial charge < -0.3 is 10.5 Å². The average molecular weight is 254 g/mol. The number of hydrogen-bond acceptors (Lipinski definition) is 6. The smallest absolute Gasteiger partial charge is 0.144 e. The molecule has 2 atom stereocenters. The minimum Gasteiger partial charge on any atom is -0.392 e. The van der Waals surface area contributed by atoms with Crippen LogP contribution in [-0.2, 0) is 0 Å². The van der Waals surface area contributed by atoms with Crippen LogP contribution in [0.4, 0.5) is 5.82 Å². The lowest BCUT2D eigenvalue weighted by Gasteiger charge is -2.14. The first kappa shape index (κ1) is 12.6. The van der Waals surface area contributed by atoms with Crippen LogP contribution in [0, 0.1) is 0 Å². The van der Waals surface area contributed by atoms with Gasteiger partial charge in [-0.1, -0.05) is 6.92 Å². The van der Waals surface area contributed by atoms with E-state index in [9.17, 15) is 5.11 Å². The average Bonchev–Trinajstić information content (AvgIpc) is 3.12. The van der Waals surface area contributed by atoms with Gasteiger partial charge >= 0.3 is 0 Å². The number of thioether (sulfide) groups is 1. The summed E-state index contributed by atoms with van der Waals surface area (Å²) in [6.07, 6.45) is 1.95. The van der Waals surface area contributed by atoms with Crippen LogP contribution in [0.1, 0.15) is 38.4 Å². The van der Waals surface area contributed by atoms with E-state index in [1.54, 1.807) is 18.7 Å². The molecule has 1 aliphatic carbocycles. The number of nitrogen functional groups attached to an aromatic ring is 1. The Kier molecular flexibility index (Phi) is 3.86. The molecule has 0 aliphatic heterocycles. The minimum absolute atomic E-state index is 0.0996. The molecule has 2 rings (SSSR count). The van der Waals surface area contributed by atoms with E-state index in [4.69, 9.17) is 5.84 Å². The van der Waals surface area contributed by atoms with Crippen molar-refractivity contribution < 1.29 is 5.11 Å². The Labute approximate surface area is 105 Å². The molecule has 2 unspecified atom stereocenters. The van der Waals surface area contributed by atoms with Gasteiger partial charge in [0, 0.05) is 17.2 Å². The van der Waals surface area contributed by atoms with E-state index in [0.717, 1.165) is 23.7 Å². The highest BCUT2D eigenvalue weighted by Gasteiger charge is 2.27. The summed E-state index contributed by atoms with van der Waals surface area (Å²) in [6.45, 7) is 3.76. The summed E-state index contributed by atoms with van der Waals surface area (Å²) in [5.41, 5.74) is 2.57. The number of aliphatic hydroxyl groups is 1. The highest BCUT2D eigenvalue weighted by Crippen LogP contribution is 2.39. The molecule has 0 spiro atoms. The van der Waals surface area contributed by atoms with Crippen molar-refractivity contribution in [1.29, 1.82) is 0 Å². The highest BCUT2D eigenvalue weighted by atomic mass is 32.2. The first-order valence-electron chi connectivity index (χ1n) is 5.80. The maximum Gasteiger partial charge on any atom is 0.144 e. The molecule has 0 saturated heterocycles. The fourth-order valence-corrected chi connectivity index (χ4v) is 2.29. The number of hydrazine groups is 1. The molecule has 0 bridgehead atoms. The van der Waals surface area contributed by atoms with E-state index >= 15 is 0 Å². The number of hydrogen-bond donors (Lipinski definition) is 3.